The van der Waals surface area contributed by atoms with Gasteiger partial charge in [0, 0.05) is 25.2 Å². The Morgan fingerprint density at radius 2 is 2.00 bits per heavy atom. The number of hydrogen-bond donors (Lipinski definition) is 3. The molecule has 21 heavy (non-hydrogen) atoms. The molecule has 1 aromatic carbocycles. The first kappa shape index (κ1) is 13.7. The van der Waals surface area contributed by atoms with Gasteiger partial charge in [-0.15, -0.1) is 0 Å². The number of hydrogen-bond acceptors (Lipinski definition) is 4. The maximum Gasteiger partial charge on any atom is 0.245 e. The van der Waals surface area contributed by atoms with Crippen LogP contribution in [0.3, 0.4) is 0 Å². The molecule has 112 valence electrons. The fourth-order valence-electron chi connectivity index (χ4n) is 2.99. The van der Waals surface area contributed by atoms with E-state index in [4.69, 9.17) is 5.73 Å². The zero-order valence-electron chi connectivity index (χ0n) is 12.3. The number of nitrogens with one attached hydrogen (secondary N) is 2. The number of rotatable bonds is 1. The summed E-state index contributed by atoms with van der Waals surface area (Å²) >= 11 is 0. The molecule has 0 saturated carbocycles. The van der Waals surface area contributed by atoms with Crippen LogP contribution in [-0.2, 0) is 16.0 Å². The zero-order valence-corrected chi connectivity index (χ0v) is 12.3. The summed E-state index contributed by atoms with van der Waals surface area (Å²) in [7, 11) is 0. The number of benzene rings is 1. The molecule has 1 aromatic rings. The number of aryl methyl sites for hydroxylation is 1. The minimum atomic E-state index is -0.640. The summed E-state index contributed by atoms with van der Waals surface area (Å²) in [6, 6.07) is 3.80. The number of amides is 2. The Morgan fingerprint density at radius 1 is 1.24 bits per heavy atom. The molecule has 1 saturated heterocycles. The average molecular weight is 288 g/mol. The summed E-state index contributed by atoms with van der Waals surface area (Å²) in [6.07, 6.45) is 1.19. The van der Waals surface area contributed by atoms with Crippen LogP contribution in [0, 0.1) is 0 Å². The molecule has 0 radical (unpaired) electrons. The topological polar surface area (TPSA) is 87.5 Å². The molecule has 2 amide bonds. The van der Waals surface area contributed by atoms with Gasteiger partial charge in [0.2, 0.25) is 11.8 Å². The number of anilines is 3. The van der Waals surface area contributed by atoms with Crippen molar-refractivity contribution in [3.63, 3.8) is 0 Å². The number of fused-ring (bicyclic) bond motifs is 1. The van der Waals surface area contributed by atoms with Crippen LogP contribution in [0.5, 0.6) is 0 Å². The highest BCUT2D eigenvalue weighted by Gasteiger charge is 2.38. The fourth-order valence-corrected chi connectivity index (χ4v) is 2.99. The van der Waals surface area contributed by atoms with Gasteiger partial charge in [-0.2, -0.15) is 0 Å². The van der Waals surface area contributed by atoms with Gasteiger partial charge in [-0.05, 0) is 38.0 Å². The van der Waals surface area contributed by atoms with E-state index in [1.807, 2.05) is 24.8 Å². The van der Waals surface area contributed by atoms with Crippen LogP contribution in [0.15, 0.2) is 12.1 Å². The Balaban J connectivity index is 2.03. The number of piperazine rings is 1. The molecular formula is C15H20N4O2. The van der Waals surface area contributed by atoms with Crippen LogP contribution < -0.4 is 21.3 Å². The molecule has 0 unspecified atom stereocenters. The number of nitrogens with two attached hydrogens (primary N) is 1. The van der Waals surface area contributed by atoms with E-state index in [2.05, 4.69) is 10.6 Å². The van der Waals surface area contributed by atoms with E-state index in [0.717, 1.165) is 16.9 Å². The highest BCUT2D eigenvalue weighted by Crippen LogP contribution is 2.36. The van der Waals surface area contributed by atoms with E-state index in [9.17, 15) is 9.59 Å². The van der Waals surface area contributed by atoms with Crippen LogP contribution in [-0.4, -0.2) is 30.4 Å². The van der Waals surface area contributed by atoms with Crippen molar-refractivity contribution in [2.24, 2.45) is 0 Å². The third kappa shape index (κ3) is 2.20. The van der Waals surface area contributed by atoms with Crippen LogP contribution >= 0.6 is 0 Å². The Morgan fingerprint density at radius 3 is 2.76 bits per heavy atom. The molecule has 2 heterocycles. The van der Waals surface area contributed by atoms with E-state index in [-0.39, 0.29) is 11.8 Å². The Bertz CT molecular complexity index is 624. The van der Waals surface area contributed by atoms with E-state index < -0.39 is 5.54 Å². The molecule has 0 aliphatic carbocycles. The van der Waals surface area contributed by atoms with Crippen LogP contribution in [0.25, 0.3) is 0 Å². The SMILES string of the molecule is CC1(C)C(=O)NCCN1c1cc2c(cc1N)NC(=O)CC2. The predicted molar refractivity (Wildman–Crippen MR) is 82.2 cm³/mol. The van der Waals surface area contributed by atoms with Crippen LogP contribution in [0.1, 0.15) is 25.8 Å². The van der Waals surface area contributed by atoms with Crippen molar-refractivity contribution in [2.45, 2.75) is 32.2 Å². The quantitative estimate of drug-likeness (QED) is 0.669. The summed E-state index contributed by atoms with van der Waals surface area (Å²) < 4.78 is 0. The lowest BCUT2D eigenvalue weighted by Crippen LogP contribution is -2.62. The van der Waals surface area contributed by atoms with Crippen molar-refractivity contribution in [3.8, 4) is 0 Å². The summed E-state index contributed by atoms with van der Waals surface area (Å²) in [4.78, 5) is 25.6. The maximum absolute atomic E-state index is 12.1. The molecular weight excluding hydrogens is 268 g/mol. The zero-order chi connectivity index (χ0) is 15.2. The van der Waals surface area contributed by atoms with Gasteiger partial charge in [-0.25, -0.2) is 0 Å². The molecule has 4 N–H and O–H groups in total. The summed E-state index contributed by atoms with van der Waals surface area (Å²) in [5.74, 6) is 0.0199. The van der Waals surface area contributed by atoms with Crippen molar-refractivity contribution >= 4 is 28.9 Å². The minimum absolute atomic E-state index is 0.000765. The summed E-state index contributed by atoms with van der Waals surface area (Å²) in [5.41, 5.74) is 8.82. The van der Waals surface area contributed by atoms with Gasteiger partial charge < -0.3 is 21.3 Å². The Hall–Kier alpha value is -2.24. The number of carbonyl (C=O) groups excluding carboxylic acids is 2. The smallest absolute Gasteiger partial charge is 0.245 e. The van der Waals surface area contributed by atoms with Crippen molar-refractivity contribution in [1.82, 2.24) is 5.32 Å². The van der Waals surface area contributed by atoms with Gasteiger partial charge in [0.25, 0.3) is 0 Å². The van der Waals surface area contributed by atoms with Gasteiger partial charge in [-0.1, -0.05) is 0 Å². The number of carbonyl (C=O) groups is 2. The summed E-state index contributed by atoms with van der Waals surface area (Å²) in [5, 5.41) is 5.72. The van der Waals surface area contributed by atoms with Gasteiger partial charge >= 0.3 is 0 Å². The predicted octanol–water partition coefficient (Wildman–Crippen LogP) is 0.868. The molecule has 6 nitrogen and oxygen atoms in total. The largest absolute Gasteiger partial charge is 0.397 e. The van der Waals surface area contributed by atoms with Gasteiger partial charge in [-0.3, -0.25) is 9.59 Å². The standard InChI is InChI=1S/C15H20N4O2/c1-15(2)14(21)17-5-6-19(15)12-7-9-3-4-13(20)18-11(9)8-10(12)16/h7-8H,3-6,16H2,1-2H3,(H,17,21)(H,18,20). The first-order chi connectivity index (χ1) is 9.89. The van der Waals surface area contributed by atoms with Crippen LogP contribution in [0.4, 0.5) is 17.1 Å². The Kier molecular flexibility index (Phi) is 3.04. The van der Waals surface area contributed by atoms with Gasteiger partial charge in [0.15, 0.2) is 0 Å². The number of nitrogens with zero attached hydrogens (tertiary/aromatic N) is 1. The molecule has 1 fully saturated rings. The van der Waals surface area contributed by atoms with E-state index in [1.165, 1.54) is 0 Å². The summed E-state index contributed by atoms with van der Waals surface area (Å²) in [6.45, 7) is 5.11. The first-order valence-electron chi connectivity index (χ1n) is 7.18. The lowest BCUT2D eigenvalue weighted by atomic mass is 9.95. The molecule has 0 aromatic heterocycles. The van der Waals surface area contributed by atoms with Crippen molar-refractivity contribution in [3.05, 3.63) is 17.7 Å². The van der Waals surface area contributed by atoms with Crippen molar-refractivity contribution < 1.29 is 9.59 Å². The first-order valence-corrected chi connectivity index (χ1v) is 7.18. The fraction of sp³-hybridized carbons (Fsp3) is 0.467. The minimum Gasteiger partial charge on any atom is -0.397 e. The van der Waals surface area contributed by atoms with Crippen molar-refractivity contribution in [2.75, 3.05) is 29.0 Å². The monoisotopic (exact) mass is 288 g/mol. The van der Waals surface area contributed by atoms with E-state index >= 15 is 0 Å². The Labute approximate surface area is 123 Å². The highest BCUT2D eigenvalue weighted by molar-refractivity contribution is 5.97. The molecule has 3 rings (SSSR count). The third-order valence-electron chi connectivity index (χ3n) is 4.29. The second kappa shape index (κ2) is 4.65. The lowest BCUT2D eigenvalue weighted by molar-refractivity contribution is -0.126. The molecule has 2 aliphatic rings. The normalized spacial score (nSPS) is 20.6. The molecule has 6 heteroatoms. The molecule has 0 bridgehead atoms. The van der Waals surface area contributed by atoms with Crippen LogP contribution in [0.2, 0.25) is 0 Å². The maximum atomic E-state index is 12.1. The second-order valence-corrected chi connectivity index (χ2v) is 6.08. The van der Waals surface area contributed by atoms with E-state index in [0.29, 0.717) is 31.6 Å². The van der Waals surface area contributed by atoms with Crippen molar-refractivity contribution in [1.29, 1.82) is 0 Å². The highest BCUT2D eigenvalue weighted by atomic mass is 16.2. The number of nitrogen functional groups attached to an aromatic ring is 1. The van der Waals surface area contributed by atoms with Gasteiger partial charge in [0.1, 0.15) is 5.54 Å². The molecule has 0 atom stereocenters. The van der Waals surface area contributed by atoms with E-state index in [1.54, 1.807) is 6.07 Å². The lowest BCUT2D eigenvalue weighted by Gasteiger charge is -2.43. The molecule has 0 spiro atoms. The second-order valence-electron chi connectivity index (χ2n) is 6.08. The average Bonchev–Trinajstić information content (AvgIpc) is 2.41. The third-order valence-corrected chi connectivity index (χ3v) is 4.29. The molecule has 2 aliphatic heterocycles. The van der Waals surface area contributed by atoms with Gasteiger partial charge in [0.05, 0.1) is 11.4 Å².